The molecule has 86 valence electrons. The maximum atomic E-state index is 13.7. The number of ether oxygens (including phenoxy) is 1. The quantitative estimate of drug-likeness (QED) is 0.740. The van der Waals surface area contributed by atoms with Gasteiger partial charge >= 0.3 is 0 Å². The molecule has 1 aliphatic rings. The third-order valence-electron chi connectivity index (χ3n) is 2.46. The maximum Gasteiger partial charge on any atom is 0.134 e. The summed E-state index contributed by atoms with van der Waals surface area (Å²) in [7, 11) is 0. The molecule has 2 rings (SSSR count). The smallest absolute Gasteiger partial charge is 0.134 e. The first-order valence-corrected chi connectivity index (χ1v) is 6.20. The second-order valence-electron chi connectivity index (χ2n) is 3.53. The zero-order valence-electron chi connectivity index (χ0n) is 8.58. The van der Waals surface area contributed by atoms with Crippen molar-refractivity contribution in [1.29, 1.82) is 0 Å². The van der Waals surface area contributed by atoms with Gasteiger partial charge in [-0.2, -0.15) is 0 Å². The summed E-state index contributed by atoms with van der Waals surface area (Å²) in [6, 6.07) is 4.93. The van der Waals surface area contributed by atoms with Gasteiger partial charge in [-0.3, -0.25) is 0 Å². The van der Waals surface area contributed by atoms with Gasteiger partial charge in [0.2, 0.25) is 0 Å². The van der Waals surface area contributed by atoms with Gasteiger partial charge in [-0.15, -0.1) is 0 Å². The van der Waals surface area contributed by atoms with Crippen molar-refractivity contribution < 1.29 is 9.13 Å². The largest absolute Gasteiger partial charge is 0.378 e. The molecule has 0 atom stereocenters. The molecule has 1 aromatic rings. The fourth-order valence-electron chi connectivity index (χ4n) is 1.60. The van der Waals surface area contributed by atoms with E-state index in [1.807, 2.05) is 4.90 Å². The summed E-state index contributed by atoms with van der Waals surface area (Å²) in [6.07, 6.45) is 0. The molecule has 1 heterocycles. The van der Waals surface area contributed by atoms with Crippen molar-refractivity contribution in [3.63, 3.8) is 0 Å². The summed E-state index contributed by atoms with van der Waals surface area (Å²) >= 11 is 8.51. The molecule has 0 spiro atoms. The maximum absolute atomic E-state index is 13.7. The highest BCUT2D eigenvalue weighted by atomic mass is 79.9. The van der Waals surface area contributed by atoms with Crippen LogP contribution in [0.2, 0.25) is 0 Å². The molecule has 16 heavy (non-hydrogen) atoms. The number of thiocarbonyl (C=S) groups is 1. The van der Waals surface area contributed by atoms with Crippen LogP contribution in [-0.4, -0.2) is 36.2 Å². The average molecular weight is 304 g/mol. The molecular formula is C11H11BrFNOS. The summed E-state index contributed by atoms with van der Waals surface area (Å²) in [5, 5.41) is 0. The van der Waals surface area contributed by atoms with Crippen molar-refractivity contribution in [2.45, 2.75) is 0 Å². The molecule has 1 aliphatic heterocycles. The van der Waals surface area contributed by atoms with Gasteiger partial charge in [0.1, 0.15) is 10.8 Å². The minimum absolute atomic E-state index is 0.286. The van der Waals surface area contributed by atoms with Crippen LogP contribution in [0.15, 0.2) is 22.7 Å². The molecule has 0 N–H and O–H groups in total. The second kappa shape index (κ2) is 5.21. The van der Waals surface area contributed by atoms with Crippen LogP contribution in [0, 0.1) is 5.82 Å². The van der Waals surface area contributed by atoms with Gasteiger partial charge in [0.05, 0.1) is 13.2 Å². The van der Waals surface area contributed by atoms with Gasteiger partial charge in [0, 0.05) is 23.1 Å². The molecule has 5 heteroatoms. The molecule has 0 amide bonds. The van der Waals surface area contributed by atoms with Gasteiger partial charge in [0.15, 0.2) is 0 Å². The average Bonchev–Trinajstić information content (AvgIpc) is 2.29. The lowest BCUT2D eigenvalue weighted by molar-refractivity contribution is 0.0692. The molecule has 1 fully saturated rings. The van der Waals surface area contributed by atoms with Crippen LogP contribution in [-0.2, 0) is 4.74 Å². The summed E-state index contributed by atoms with van der Waals surface area (Å²) < 4.78 is 19.6. The Morgan fingerprint density at radius 2 is 2.06 bits per heavy atom. The first kappa shape index (κ1) is 12.0. The van der Waals surface area contributed by atoms with E-state index in [9.17, 15) is 4.39 Å². The number of rotatable bonds is 1. The summed E-state index contributed by atoms with van der Waals surface area (Å²) in [4.78, 5) is 2.54. The monoisotopic (exact) mass is 303 g/mol. The Bertz CT molecular complexity index is 407. The molecule has 0 unspecified atom stereocenters. The highest BCUT2D eigenvalue weighted by Gasteiger charge is 2.17. The molecular weight excluding hydrogens is 293 g/mol. The van der Waals surface area contributed by atoms with Crippen molar-refractivity contribution in [3.8, 4) is 0 Å². The van der Waals surface area contributed by atoms with E-state index in [1.54, 1.807) is 12.1 Å². The molecule has 0 aliphatic carbocycles. The Kier molecular flexibility index (Phi) is 3.89. The second-order valence-corrected chi connectivity index (χ2v) is 4.83. The van der Waals surface area contributed by atoms with E-state index in [4.69, 9.17) is 17.0 Å². The molecule has 0 saturated carbocycles. The molecule has 1 aromatic carbocycles. The molecule has 1 saturated heterocycles. The Labute approximate surface area is 108 Å². The first-order chi connectivity index (χ1) is 7.68. The summed E-state index contributed by atoms with van der Waals surface area (Å²) in [5.41, 5.74) is 0.486. The zero-order valence-corrected chi connectivity index (χ0v) is 11.0. The topological polar surface area (TPSA) is 12.5 Å². The lowest BCUT2D eigenvalue weighted by Crippen LogP contribution is -2.40. The highest BCUT2D eigenvalue weighted by Crippen LogP contribution is 2.18. The number of benzene rings is 1. The first-order valence-electron chi connectivity index (χ1n) is 5.00. The van der Waals surface area contributed by atoms with E-state index in [2.05, 4.69) is 15.9 Å². The fourth-order valence-corrected chi connectivity index (χ4v) is 2.28. The Morgan fingerprint density at radius 3 is 2.69 bits per heavy atom. The zero-order chi connectivity index (χ0) is 11.5. The predicted molar refractivity (Wildman–Crippen MR) is 68.2 cm³/mol. The van der Waals surface area contributed by atoms with Gasteiger partial charge in [0.25, 0.3) is 0 Å². The molecule has 2 nitrogen and oxygen atoms in total. The van der Waals surface area contributed by atoms with Crippen LogP contribution in [0.25, 0.3) is 0 Å². The van der Waals surface area contributed by atoms with Gasteiger partial charge in [-0.1, -0.05) is 28.1 Å². The number of morpholine rings is 1. The van der Waals surface area contributed by atoms with Crippen molar-refractivity contribution in [1.82, 2.24) is 4.90 Å². The van der Waals surface area contributed by atoms with Crippen LogP contribution in [0.5, 0.6) is 0 Å². The van der Waals surface area contributed by atoms with Crippen LogP contribution in [0.3, 0.4) is 0 Å². The molecule has 0 bridgehead atoms. The van der Waals surface area contributed by atoms with Crippen molar-refractivity contribution in [3.05, 3.63) is 34.1 Å². The van der Waals surface area contributed by atoms with Crippen LogP contribution < -0.4 is 0 Å². The van der Waals surface area contributed by atoms with E-state index >= 15 is 0 Å². The van der Waals surface area contributed by atoms with Gasteiger partial charge < -0.3 is 9.64 Å². The van der Waals surface area contributed by atoms with E-state index in [0.29, 0.717) is 23.8 Å². The Balaban J connectivity index is 2.19. The standard InChI is InChI=1S/C11H11BrFNOS/c12-8-1-2-9(10(13)7-8)11(16)14-3-5-15-6-4-14/h1-2,7H,3-6H2. The lowest BCUT2D eigenvalue weighted by Gasteiger charge is -2.29. The third-order valence-corrected chi connectivity index (χ3v) is 3.43. The van der Waals surface area contributed by atoms with Crippen LogP contribution in [0.4, 0.5) is 4.39 Å². The van der Waals surface area contributed by atoms with Crippen LogP contribution in [0.1, 0.15) is 5.56 Å². The summed E-state index contributed by atoms with van der Waals surface area (Å²) in [5.74, 6) is -0.286. The van der Waals surface area contributed by atoms with E-state index in [1.165, 1.54) is 6.07 Å². The minimum atomic E-state index is -0.286. The van der Waals surface area contributed by atoms with Crippen molar-refractivity contribution >= 4 is 33.1 Å². The predicted octanol–water partition coefficient (Wildman–Crippen LogP) is 2.60. The Morgan fingerprint density at radius 1 is 1.38 bits per heavy atom. The van der Waals surface area contributed by atoms with E-state index in [0.717, 1.165) is 17.6 Å². The molecule has 0 aromatic heterocycles. The number of hydrogen-bond acceptors (Lipinski definition) is 2. The fraction of sp³-hybridized carbons (Fsp3) is 0.364. The van der Waals surface area contributed by atoms with Gasteiger partial charge in [-0.25, -0.2) is 4.39 Å². The number of halogens is 2. The van der Waals surface area contributed by atoms with Gasteiger partial charge in [-0.05, 0) is 18.2 Å². The van der Waals surface area contributed by atoms with Crippen molar-refractivity contribution in [2.75, 3.05) is 26.3 Å². The van der Waals surface area contributed by atoms with Crippen LogP contribution >= 0.6 is 28.1 Å². The summed E-state index contributed by atoms with van der Waals surface area (Å²) in [6.45, 7) is 2.76. The normalized spacial score (nSPS) is 16.2. The third kappa shape index (κ3) is 2.59. The Hall–Kier alpha value is -0.520. The number of nitrogens with zero attached hydrogens (tertiary/aromatic N) is 1. The van der Waals surface area contributed by atoms with E-state index in [-0.39, 0.29) is 5.82 Å². The highest BCUT2D eigenvalue weighted by molar-refractivity contribution is 9.10. The SMILES string of the molecule is Fc1cc(Br)ccc1C(=S)N1CCOCC1. The number of hydrogen-bond donors (Lipinski definition) is 0. The van der Waals surface area contributed by atoms with Crippen molar-refractivity contribution in [2.24, 2.45) is 0 Å². The molecule has 0 radical (unpaired) electrons. The lowest BCUT2D eigenvalue weighted by atomic mass is 10.2. The minimum Gasteiger partial charge on any atom is -0.378 e. The van der Waals surface area contributed by atoms with E-state index < -0.39 is 0 Å².